The molecule has 0 bridgehead atoms. The molecule has 0 radical (unpaired) electrons. The van der Waals surface area contributed by atoms with E-state index in [9.17, 15) is 14.4 Å². The predicted molar refractivity (Wildman–Crippen MR) is 106 cm³/mol. The number of hydrogen-bond acceptors (Lipinski definition) is 6. The van der Waals surface area contributed by atoms with E-state index in [0.29, 0.717) is 44.1 Å². The maximum atomic E-state index is 12.2. The summed E-state index contributed by atoms with van der Waals surface area (Å²) in [5.74, 6) is -0.311. The van der Waals surface area contributed by atoms with Gasteiger partial charge in [-0.2, -0.15) is 0 Å². The highest BCUT2D eigenvalue weighted by molar-refractivity contribution is 9.10. The molecule has 0 atom stereocenters. The van der Waals surface area contributed by atoms with Crippen LogP contribution in [0, 0.1) is 0 Å². The highest BCUT2D eigenvalue weighted by atomic mass is 79.9. The number of carbonyl (C=O) groups is 3. The fourth-order valence-electron chi connectivity index (χ4n) is 2.62. The van der Waals surface area contributed by atoms with E-state index in [0.717, 1.165) is 4.47 Å². The third-order valence-corrected chi connectivity index (χ3v) is 4.58. The van der Waals surface area contributed by atoms with E-state index in [1.54, 1.807) is 42.0 Å². The van der Waals surface area contributed by atoms with Gasteiger partial charge >= 0.3 is 12.1 Å². The molecular formula is C19H23BrN2O6. The SMILES string of the molecule is CCOC(=O)N1CCN(C(=O)COC(=O)/C=C/c2cc(Br)ccc2OC)CC1. The summed E-state index contributed by atoms with van der Waals surface area (Å²) in [4.78, 5) is 38.9. The second kappa shape index (κ2) is 10.7. The summed E-state index contributed by atoms with van der Waals surface area (Å²) >= 11 is 3.36. The molecule has 0 aliphatic carbocycles. The van der Waals surface area contributed by atoms with Crippen LogP contribution in [0.1, 0.15) is 12.5 Å². The number of ether oxygens (including phenoxy) is 3. The van der Waals surface area contributed by atoms with Crippen LogP contribution in [0.25, 0.3) is 6.08 Å². The first-order chi connectivity index (χ1) is 13.4. The van der Waals surface area contributed by atoms with Gasteiger partial charge in [0.15, 0.2) is 6.61 Å². The molecule has 9 heteroatoms. The van der Waals surface area contributed by atoms with E-state index in [1.807, 2.05) is 6.07 Å². The van der Waals surface area contributed by atoms with E-state index >= 15 is 0 Å². The number of methoxy groups -OCH3 is 1. The molecule has 0 spiro atoms. The third kappa shape index (κ3) is 6.26. The lowest BCUT2D eigenvalue weighted by Gasteiger charge is -2.33. The Kier molecular flexibility index (Phi) is 8.31. The van der Waals surface area contributed by atoms with Gasteiger partial charge in [-0.25, -0.2) is 9.59 Å². The Morgan fingerprint density at radius 3 is 2.43 bits per heavy atom. The van der Waals surface area contributed by atoms with Crippen LogP contribution in [-0.4, -0.2) is 74.3 Å². The second-order valence-electron chi connectivity index (χ2n) is 5.89. The van der Waals surface area contributed by atoms with Gasteiger partial charge in [0, 0.05) is 42.3 Å². The Bertz CT molecular complexity index is 744. The lowest BCUT2D eigenvalue weighted by molar-refractivity contribution is -0.148. The van der Waals surface area contributed by atoms with Crippen molar-refractivity contribution >= 4 is 40.0 Å². The van der Waals surface area contributed by atoms with Gasteiger partial charge < -0.3 is 24.0 Å². The smallest absolute Gasteiger partial charge is 0.409 e. The van der Waals surface area contributed by atoms with Crippen LogP contribution < -0.4 is 4.74 Å². The quantitative estimate of drug-likeness (QED) is 0.484. The Morgan fingerprint density at radius 2 is 1.79 bits per heavy atom. The van der Waals surface area contributed by atoms with Crippen molar-refractivity contribution in [3.63, 3.8) is 0 Å². The fraction of sp³-hybridized carbons (Fsp3) is 0.421. The topological polar surface area (TPSA) is 85.4 Å². The van der Waals surface area contributed by atoms with Gasteiger partial charge in [-0.15, -0.1) is 0 Å². The Balaban J connectivity index is 1.79. The first-order valence-corrected chi connectivity index (χ1v) is 9.61. The molecule has 2 amide bonds. The standard InChI is InChI=1S/C19H23BrN2O6/c1-3-27-19(25)22-10-8-21(9-11-22)17(23)13-28-18(24)7-4-14-12-15(20)5-6-16(14)26-2/h4-7,12H,3,8-11,13H2,1-2H3/b7-4+. The highest BCUT2D eigenvalue weighted by Crippen LogP contribution is 2.24. The predicted octanol–water partition coefficient (Wildman–Crippen LogP) is 2.31. The minimum Gasteiger partial charge on any atom is -0.496 e. The van der Waals surface area contributed by atoms with Crippen molar-refractivity contribution in [2.75, 3.05) is 46.5 Å². The van der Waals surface area contributed by atoms with Crippen LogP contribution in [-0.2, 0) is 19.1 Å². The Labute approximate surface area is 172 Å². The maximum Gasteiger partial charge on any atom is 0.409 e. The first kappa shape index (κ1) is 21.7. The summed E-state index contributed by atoms with van der Waals surface area (Å²) in [6.07, 6.45) is 2.43. The van der Waals surface area contributed by atoms with Crippen molar-refractivity contribution < 1.29 is 28.6 Å². The Hall–Kier alpha value is -2.55. The first-order valence-electron chi connectivity index (χ1n) is 8.82. The molecule has 152 valence electrons. The summed E-state index contributed by atoms with van der Waals surface area (Å²) in [5, 5.41) is 0. The molecule has 1 aromatic carbocycles. The molecule has 0 aromatic heterocycles. The largest absolute Gasteiger partial charge is 0.496 e. The van der Waals surface area contributed by atoms with Crippen molar-refractivity contribution in [1.82, 2.24) is 9.80 Å². The van der Waals surface area contributed by atoms with E-state index in [4.69, 9.17) is 14.2 Å². The number of piperazine rings is 1. The van der Waals surface area contributed by atoms with Gasteiger partial charge in [-0.3, -0.25) is 4.79 Å². The van der Waals surface area contributed by atoms with E-state index in [2.05, 4.69) is 15.9 Å². The summed E-state index contributed by atoms with van der Waals surface area (Å²) in [5.41, 5.74) is 0.704. The number of hydrogen-bond donors (Lipinski definition) is 0. The van der Waals surface area contributed by atoms with Crippen LogP contribution in [0.15, 0.2) is 28.7 Å². The minimum absolute atomic E-state index is 0.301. The summed E-state index contributed by atoms with van der Waals surface area (Å²) in [7, 11) is 1.54. The van der Waals surface area contributed by atoms with Crippen molar-refractivity contribution in [2.45, 2.75) is 6.92 Å². The van der Waals surface area contributed by atoms with Crippen LogP contribution in [0.4, 0.5) is 4.79 Å². The van der Waals surface area contributed by atoms with Crippen molar-refractivity contribution in [3.8, 4) is 5.75 Å². The number of carbonyl (C=O) groups excluding carboxylic acids is 3. The van der Waals surface area contributed by atoms with Crippen molar-refractivity contribution in [1.29, 1.82) is 0 Å². The van der Waals surface area contributed by atoms with Crippen LogP contribution in [0.5, 0.6) is 5.75 Å². The van der Waals surface area contributed by atoms with Gasteiger partial charge in [0.1, 0.15) is 5.75 Å². The zero-order chi connectivity index (χ0) is 20.5. The average Bonchev–Trinajstić information content (AvgIpc) is 2.70. The highest BCUT2D eigenvalue weighted by Gasteiger charge is 2.25. The monoisotopic (exact) mass is 454 g/mol. The molecule has 1 saturated heterocycles. The van der Waals surface area contributed by atoms with E-state index < -0.39 is 5.97 Å². The van der Waals surface area contributed by atoms with Crippen LogP contribution in [0.3, 0.4) is 0 Å². The summed E-state index contributed by atoms with van der Waals surface area (Å²) in [6, 6.07) is 5.40. The third-order valence-electron chi connectivity index (χ3n) is 4.09. The van der Waals surface area contributed by atoms with Gasteiger partial charge in [-0.1, -0.05) is 15.9 Å². The number of nitrogens with zero attached hydrogens (tertiary/aromatic N) is 2. The van der Waals surface area contributed by atoms with Gasteiger partial charge in [-0.05, 0) is 31.2 Å². The van der Waals surface area contributed by atoms with E-state index in [1.165, 1.54) is 6.08 Å². The molecule has 1 heterocycles. The molecule has 0 N–H and O–H groups in total. The van der Waals surface area contributed by atoms with Gasteiger partial charge in [0.2, 0.25) is 0 Å². The minimum atomic E-state index is -0.625. The molecule has 2 rings (SSSR count). The van der Waals surface area contributed by atoms with Crippen molar-refractivity contribution in [3.05, 3.63) is 34.3 Å². The molecule has 1 aromatic rings. The average molecular weight is 455 g/mol. The summed E-state index contributed by atoms with van der Waals surface area (Å²) in [6.45, 7) is 3.24. The molecule has 8 nitrogen and oxygen atoms in total. The van der Waals surface area contributed by atoms with Crippen LogP contribution in [0.2, 0.25) is 0 Å². The molecule has 0 saturated carbocycles. The lowest BCUT2D eigenvalue weighted by Crippen LogP contribution is -2.51. The van der Waals surface area contributed by atoms with Gasteiger partial charge in [0.05, 0.1) is 13.7 Å². The molecular weight excluding hydrogens is 432 g/mol. The Morgan fingerprint density at radius 1 is 1.11 bits per heavy atom. The van der Waals surface area contributed by atoms with Crippen LogP contribution >= 0.6 is 15.9 Å². The number of rotatable bonds is 6. The summed E-state index contributed by atoms with van der Waals surface area (Å²) < 4.78 is 16.0. The van der Waals surface area contributed by atoms with Gasteiger partial charge in [0.25, 0.3) is 5.91 Å². The zero-order valence-electron chi connectivity index (χ0n) is 15.9. The molecule has 28 heavy (non-hydrogen) atoms. The van der Waals surface area contributed by atoms with E-state index in [-0.39, 0.29) is 18.6 Å². The normalized spacial score (nSPS) is 14.1. The molecule has 1 aliphatic heterocycles. The van der Waals surface area contributed by atoms with Crippen molar-refractivity contribution in [2.24, 2.45) is 0 Å². The number of amides is 2. The lowest BCUT2D eigenvalue weighted by atomic mass is 10.2. The molecule has 1 aliphatic rings. The number of halogens is 1. The maximum absolute atomic E-state index is 12.2. The number of benzene rings is 1. The fourth-order valence-corrected chi connectivity index (χ4v) is 3.00. The zero-order valence-corrected chi connectivity index (χ0v) is 17.4. The molecule has 1 fully saturated rings. The molecule has 0 unspecified atom stereocenters. The number of esters is 1. The second-order valence-corrected chi connectivity index (χ2v) is 6.81.